The summed E-state index contributed by atoms with van der Waals surface area (Å²) in [6.07, 6.45) is 3.85. The number of sulfone groups is 1. The van der Waals surface area contributed by atoms with E-state index in [4.69, 9.17) is 0 Å². The van der Waals surface area contributed by atoms with E-state index in [0.717, 1.165) is 31.1 Å². The molecule has 2 aromatic rings. The van der Waals surface area contributed by atoms with Crippen LogP contribution in [0.3, 0.4) is 0 Å². The summed E-state index contributed by atoms with van der Waals surface area (Å²) in [7, 11) is -6.94. The monoisotopic (exact) mass is 464 g/mol. The lowest BCUT2D eigenvalue weighted by Crippen LogP contribution is -2.36. The van der Waals surface area contributed by atoms with Gasteiger partial charge >= 0.3 is 0 Å². The zero-order valence-corrected chi connectivity index (χ0v) is 19.6. The summed E-state index contributed by atoms with van der Waals surface area (Å²) in [5.41, 5.74) is 1.61. The number of carbonyl (C=O) groups is 1. The third kappa shape index (κ3) is 5.34. The standard InChI is InChI=1S/C22H28N2O5S2/c1-16-7-8-19(15-21(16)31(28,29)24-13-5-4-6-14-24)22(25)23-17(2)18-9-11-20(12-10-18)30(3,26)27/h7-12,15,17H,4-6,13-14H2,1-3H3,(H,23,25). The first-order chi connectivity index (χ1) is 14.5. The van der Waals surface area contributed by atoms with Gasteiger partial charge in [0.1, 0.15) is 0 Å². The average molecular weight is 465 g/mol. The number of carbonyl (C=O) groups excluding carboxylic acids is 1. The van der Waals surface area contributed by atoms with Crippen LogP contribution in [0.4, 0.5) is 0 Å². The van der Waals surface area contributed by atoms with E-state index < -0.39 is 25.8 Å². The molecular formula is C22H28N2O5S2. The van der Waals surface area contributed by atoms with Gasteiger partial charge in [0.25, 0.3) is 5.91 Å². The quantitative estimate of drug-likeness (QED) is 0.708. The van der Waals surface area contributed by atoms with E-state index in [1.54, 1.807) is 38.1 Å². The second kappa shape index (κ2) is 9.10. The molecule has 0 radical (unpaired) electrons. The predicted molar refractivity (Wildman–Crippen MR) is 119 cm³/mol. The molecule has 1 aliphatic rings. The van der Waals surface area contributed by atoms with Crippen molar-refractivity contribution in [1.29, 1.82) is 0 Å². The number of aryl methyl sites for hydroxylation is 1. The minimum absolute atomic E-state index is 0.159. The van der Waals surface area contributed by atoms with Gasteiger partial charge in [-0.05, 0) is 62.1 Å². The average Bonchev–Trinajstić information content (AvgIpc) is 2.74. The van der Waals surface area contributed by atoms with Crippen LogP contribution in [-0.2, 0) is 19.9 Å². The van der Waals surface area contributed by atoms with E-state index in [0.29, 0.717) is 18.7 Å². The van der Waals surface area contributed by atoms with Gasteiger partial charge in [0.2, 0.25) is 10.0 Å². The van der Waals surface area contributed by atoms with Crippen molar-refractivity contribution in [2.24, 2.45) is 0 Å². The third-order valence-corrected chi connectivity index (χ3v) is 8.71. The van der Waals surface area contributed by atoms with Gasteiger partial charge in [-0.3, -0.25) is 4.79 Å². The van der Waals surface area contributed by atoms with Crippen molar-refractivity contribution < 1.29 is 21.6 Å². The molecule has 0 spiro atoms. The Morgan fingerprint density at radius 2 is 1.58 bits per heavy atom. The van der Waals surface area contributed by atoms with Crippen LogP contribution in [0.1, 0.15) is 53.7 Å². The maximum Gasteiger partial charge on any atom is 0.251 e. The molecule has 0 bridgehead atoms. The van der Waals surface area contributed by atoms with Crippen LogP contribution in [0.15, 0.2) is 52.3 Å². The molecule has 3 rings (SSSR count). The summed E-state index contributed by atoms with van der Waals surface area (Å²) in [5, 5.41) is 2.85. The Balaban J connectivity index is 1.80. The highest BCUT2D eigenvalue weighted by Gasteiger charge is 2.28. The Hall–Kier alpha value is -2.23. The molecule has 0 aliphatic carbocycles. The van der Waals surface area contributed by atoms with E-state index in [2.05, 4.69) is 5.32 Å². The van der Waals surface area contributed by atoms with Crippen LogP contribution in [0, 0.1) is 6.92 Å². The number of hydrogen-bond acceptors (Lipinski definition) is 5. The minimum Gasteiger partial charge on any atom is -0.346 e. The SMILES string of the molecule is Cc1ccc(C(=O)NC(C)c2ccc(S(C)(=O)=O)cc2)cc1S(=O)(=O)N1CCCCC1. The number of nitrogens with one attached hydrogen (secondary N) is 1. The molecule has 1 fully saturated rings. The van der Waals surface area contributed by atoms with Gasteiger partial charge < -0.3 is 5.32 Å². The fourth-order valence-electron chi connectivity index (χ4n) is 3.63. The van der Waals surface area contributed by atoms with Crippen molar-refractivity contribution >= 4 is 25.8 Å². The number of rotatable bonds is 6. The van der Waals surface area contributed by atoms with Crippen LogP contribution in [0.2, 0.25) is 0 Å². The van der Waals surface area contributed by atoms with E-state index >= 15 is 0 Å². The van der Waals surface area contributed by atoms with Crippen LogP contribution in [0.25, 0.3) is 0 Å². The number of piperidine rings is 1. The molecule has 168 valence electrons. The second-order valence-electron chi connectivity index (χ2n) is 7.98. The fourth-order valence-corrected chi connectivity index (χ4v) is 6.03. The number of hydrogen-bond donors (Lipinski definition) is 1. The Bertz CT molecular complexity index is 1170. The third-order valence-electron chi connectivity index (χ3n) is 5.54. The highest BCUT2D eigenvalue weighted by Crippen LogP contribution is 2.25. The molecule has 1 unspecified atom stereocenters. The van der Waals surface area contributed by atoms with Gasteiger partial charge in [0.05, 0.1) is 15.8 Å². The summed E-state index contributed by atoms with van der Waals surface area (Å²) in [4.78, 5) is 13.2. The predicted octanol–water partition coefficient (Wildman–Crippen LogP) is 3.06. The molecule has 1 amide bonds. The van der Waals surface area contributed by atoms with Gasteiger partial charge in [0.15, 0.2) is 9.84 Å². The maximum absolute atomic E-state index is 13.1. The Morgan fingerprint density at radius 1 is 0.968 bits per heavy atom. The van der Waals surface area contributed by atoms with E-state index in [1.165, 1.54) is 22.5 Å². The topological polar surface area (TPSA) is 101 Å². The summed E-state index contributed by atoms with van der Waals surface area (Å²) < 4.78 is 50.9. The molecule has 1 atom stereocenters. The van der Waals surface area contributed by atoms with Gasteiger partial charge in [-0.15, -0.1) is 0 Å². The van der Waals surface area contributed by atoms with E-state index in [1.807, 2.05) is 0 Å². The number of sulfonamides is 1. The number of benzene rings is 2. The van der Waals surface area contributed by atoms with E-state index in [-0.39, 0.29) is 21.4 Å². The number of nitrogens with zero attached hydrogens (tertiary/aromatic N) is 1. The molecule has 0 aromatic heterocycles. The molecule has 0 saturated carbocycles. The molecular weight excluding hydrogens is 436 g/mol. The second-order valence-corrected chi connectivity index (χ2v) is 11.9. The summed E-state index contributed by atoms with van der Waals surface area (Å²) >= 11 is 0. The van der Waals surface area contributed by atoms with Crippen LogP contribution in [0.5, 0.6) is 0 Å². The van der Waals surface area contributed by atoms with Crippen molar-refractivity contribution in [1.82, 2.24) is 9.62 Å². The highest BCUT2D eigenvalue weighted by atomic mass is 32.2. The first-order valence-electron chi connectivity index (χ1n) is 10.2. The molecule has 1 saturated heterocycles. The van der Waals surface area contributed by atoms with Gasteiger partial charge in [0, 0.05) is 24.9 Å². The smallest absolute Gasteiger partial charge is 0.251 e. The first-order valence-corrected chi connectivity index (χ1v) is 13.5. The largest absolute Gasteiger partial charge is 0.346 e. The Morgan fingerprint density at radius 3 is 2.16 bits per heavy atom. The van der Waals surface area contributed by atoms with Crippen LogP contribution < -0.4 is 5.32 Å². The summed E-state index contributed by atoms with van der Waals surface area (Å²) in [5.74, 6) is -0.394. The molecule has 9 heteroatoms. The normalized spacial score (nSPS) is 16.6. The molecule has 1 N–H and O–H groups in total. The van der Waals surface area contributed by atoms with Crippen LogP contribution >= 0.6 is 0 Å². The lowest BCUT2D eigenvalue weighted by Gasteiger charge is -2.26. The molecule has 31 heavy (non-hydrogen) atoms. The Kier molecular flexibility index (Phi) is 6.88. The maximum atomic E-state index is 13.1. The van der Waals surface area contributed by atoms with Gasteiger partial charge in [-0.25, -0.2) is 16.8 Å². The summed E-state index contributed by atoms with van der Waals surface area (Å²) in [6.45, 7) is 4.51. The fraction of sp³-hybridized carbons (Fsp3) is 0.409. The molecule has 2 aromatic carbocycles. The molecule has 1 heterocycles. The van der Waals surface area contributed by atoms with Crippen molar-refractivity contribution in [2.75, 3.05) is 19.3 Å². The lowest BCUT2D eigenvalue weighted by atomic mass is 10.1. The van der Waals surface area contributed by atoms with Crippen molar-refractivity contribution in [3.63, 3.8) is 0 Å². The lowest BCUT2D eigenvalue weighted by molar-refractivity contribution is 0.0939. The van der Waals surface area contributed by atoms with Crippen molar-refractivity contribution in [2.45, 2.75) is 48.9 Å². The number of amides is 1. The first kappa shape index (κ1) is 23.4. The van der Waals surface area contributed by atoms with Crippen molar-refractivity contribution in [3.8, 4) is 0 Å². The minimum atomic E-state index is -3.65. The summed E-state index contributed by atoms with van der Waals surface area (Å²) in [6, 6.07) is 10.6. The van der Waals surface area contributed by atoms with Gasteiger partial charge in [-0.1, -0.05) is 24.6 Å². The zero-order valence-electron chi connectivity index (χ0n) is 18.0. The van der Waals surface area contributed by atoms with Crippen molar-refractivity contribution in [3.05, 3.63) is 59.2 Å². The van der Waals surface area contributed by atoms with Gasteiger partial charge in [-0.2, -0.15) is 4.31 Å². The highest BCUT2D eigenvalue weighted by molar-refractivity contribution is 7.90. The molecule has 7 nitrogen and oxygen atoms in total. The van der Waals surface area contributed by atoms with Crippen LogP contribution in [-0.4, -0.2) is 46.4 Å². The zero-order chi connectivity index (χ0) is 22.8. The van der Waals surface area contributed by atoms with E-state index in [9.17, 15) is 21.6 Å². The Labute approximate surface area is 184 Å². The molecule has 1 aliphatic heterocycles.